The molecule has 0 saturated carbocycles. The maximum Gasteiger partial charge on any atom is 0.0991 e. The lowest BCUT2D eigenvalue weighted by atomic mass is 10.0. The summed E-state index contributed by atoms with van der Waals surface area (Å²) in [4.78, 5) is 7.30. The van der Waals surface area contributed by atoms with Crippen LogP contribution in [0.2, 0.25) is 0 Å². The molecular weight excluding hydrogens is 512 g/mol. The van der Waals surface area contributed by atoms with Gasteiger partial charge in [0.25, 0.3) is 0 Å². The zero-order valence-electron chi connectivity index (χ0n) is 29.3. The van der Waals surface area contributed by atoms with E-state index in [0.717, 1.165) is 32.8 Å². The van der Waals surface area contributed by atoms with Gasteiger partial charge in [-0.25, -0.2) is 0 Å². The summed E-state index contributed by atoms with van der Waals surface area (Å²) in [5.74, 6) is 1.36. The summed E-state index contributed by atoms with van der Waals surface area (Å²) in [7, 11) is 0. The van der Waals surface area contributed by atoms with Gasteiger partial charge in [0, 0.05) is 26.1 Å². The van der Waals surface area contributed by atoms with Crippen molar-refractivity contribution in [1.29, 1.82) is 0 Å². The van der Waals surface area contributed by atoms with Crippen molar-refractivity contribution >= 4 is 5.84 Å². The monoisotopic (exact) mass is 591 g/mol. The van der Waals surface area contributed by atoms with Crippen molar-refractivity contribution in [2.24, 2.45) is 4.99 Å². The molecule has 3 nitrogen and oxygen atoms in total. The van der Waals surface area contributed by atoms with Gasteiger partial charge in [-0.1, -0.05) is 194 Å². The molecule has 1 aliphatic rings. The maximum atomic E-state index is 5.99. The minimum absolute atomic E-state index is 0.872. The van der Waals surface area contributed by atoms with Gasteiger partial charge in [0.15, 0.2) is 0 Å². The van der Waals surface area contributed by atoms with Crippen LogP contribution in [0.1, 0.15) is 213 Å². The van der Waals surface area contributed by atoms with Crippen LogP contribution < -0.4 is 0 Å². The first-order valence-electron chi connectivity index (χ1n) is 19.7. The Morgan fingerprint density at radius 3 is 1.21 bits per heavy atom. The van der Waals surface area contributed by atoms with E-state index >= 15 is 0 Å². The molecule has 0 aliphatic carbocycles. The lowest BCUT2D eigenvalue weighted by Gasteiger charge is -2.20. The molecule has 0 atom stereocenters. The van der Waals surface area contributed by atoms with Crippen molar-refractivity contribution in [2.45, 2.75) is 213 Å². The molecule has 1 aliphatic heterocycles. The van der Waals surface area contributed by atoms with Gasteiger partial charge in [0.05, 0.1) is 19.0 Å². The first-order chi connectivity index (χ1) is 20.9. The van der Waals surface area contributed by atoms with E-state index in [1.165, 1.54) is 205 Å². The minimum Gasteiger partial charge on any atom is -0.380 e. The Morgan fingerprint density at radius 1 is 0.452 bits per heavy atom. The molecule has 0 N–H and O–H groups in total. The summed E-state index contributed by atoms with van der Waals surface area (Å²) >= 11 is 0. The van der Waals surface area contributed by atoms with Crippen LogP contribution in [0.25, 0.3) is 0 Å². The number of nitrogens with zero attached hydrogens (tertiary/aromatic N) is 2. The van der Waals surface area contributed by atoms with E-state index < -0.39 is 0 Å². The molecule has 0 saturated heterocycles. The molecule has 42 heavy (non-hydrogen) atoms. The topological polar surface area (TPSA) is 24.8 Å². The van der Waals surface area contributed by atoms with Crippen molar-refractivity contribution in [1.82, 2.24) is 4.90 Å². The van der Waals surface area contributed by atoms with Gasteiger partial charge in [-0.05, 0) is 12.8 Å². The molecule has 1 heterocycles. The van der Waals surface area contributed by atoms with E-state index in [1.54, 1.807) is 0 Å². The fourth-order valence-corrected chi connectivity index (χ4v) is 6.51. The van der Waals surface area contributed by atoms with Gasteiger partial charge >= 0.3 is 0 Å². The number of aliphatic imine (C=N–C) groups is 1. The van der Waals surface area contributed by atoms with Crippen molar-refractivity contribution in [3.63, 3.8) is 0 Å². The third kappa shape index (κ3) is 27.0. The Bertz CT molecular complexity index is 549. The lowest BCUT2D eigenvalue weighted by molar-refractivity contribution is 0.118. The van der Waals surface area contributed by atoms with Gasteiger partial charge in [-0.2, -0.15) is 0 Å². The van der Waals surface area contributed by atoms with E-state index in [2.05, 4.69) is 18.7 Å². The highest BCUT2D eigenvalue weighted by atomic mass is 16.5. The molecule has 1 rings (SSSR count). The molecule has 3 heteroatoms. The number of rotatable bonds is 35. The van der Waals surface area contributed by atoms with Crippen LogP contribution >= 0.6 is 0 Å². The van der Waals surface area contributed by atoms with E-state index in [0.29, 0.717) is 0 Å². The number of hydrogen-bond donors (Lipinski definition) is 0. The van der Waals surface area contributed by atoms with Crippen LogP contribution in [0, 0.1) is 0 Å². The normalized spacial score (nSPS) is 13.4. The average Bonchev–Trinajstić information content (AvgIpc) is 3.45. The second-order valence-electron chi connectivity index (χ2n) is 13.5. The number of amidine groups is 1. The van der Waals surface area contributed by atoms with Crippen LogP contribution in [-0.4, -0.2) is 43.6 Å². The lowest BCUT2D eigenvalue weighted by Crippen LogP contribution is -2.31. The highest BCUT2D eigenvalue weighted by Gasteiger charge is 2.15. The maximum absolute atomic E-state index is 5.99. The van der Waals surface area contributed by atoms with Gasteiger partial charge in [-0.15, -0.1) is 0 Å². The third-order valence-electron chi connectivity index (χ3n) is 9.43. The molecule has 0 spiro atoms. The highest BCUT2D eigenvalue weighted by molar-refractivity contribution is 5.83. The number of hydrogen-bond acceptors (Lipinski definition) is 3. The second kappa shape index (κ2) is 33.3. The van der Waals surface area contributed by atoms with Crippen molar-refractivity contribution < 1.29 is 4.74 Å². The van der Waals surface area contributed by atoms with Gasteiger partial charge in [-0.3, -0.25) is 4.99 Å². The van der Waals surface area contributed by atoms with Crippen molar-refractivity contribution in [3.8, 4) is 0 Å². The van der Waals surface area contributed by atoms with Crippen molar-refractivity contribution in [2.75, 3.05) is 32.8 Å². The molecule has 0 amide bonds. The Hall–Kier alpha value is -0.570. The van der Waals surface area contributed by atoms with E-state index in [1.807, 2.05) is 0 Å². The first kappa shape index (κ1) is 39.5. The Labute approximate surface area is 265 Å². The SMILES string of the molecule is CCCCCCCCCCCCCCCCCCOCCN1CCN=C1CCCCCCCCCCCCCCCC. The Morgan fingerprint density at radius 2 is 0.810 bits per heavy atom. The predicted molar refractivity (Wildman–Crippen MR) is 189 cm³/mol. The smallest absolute Gasteiger partial charge is 0.0991 e. The fraction of sp³-hybridized carbons (Fsp3) is 0.974. The molecule has 0 aromatic carbocycles. The molecule has 0 unspecified atom stereocenters. The quantitative estimate of drug-likeness (QED) is 0.0686. The number of unbranched alkanes of at least 4 members (excludes halogenated alkanes) is 28. The Kier molecular flexibility index (Phi) is 31.3. The van der Waals surface area contributed by atoms with Gasteiger partial charge in [0.1, 0.15) is 0 Å². The summed E-state index contributed by atoms with van der Waals surface area (Å²) in [5, 5.41) is 0. The zero-order valence-corrected chi connectivity index (χ0v) is 29.3. The standard InChI is InChI=1S/C39H78N2O/c1-3-5-7-9-11-13-15-17-19-20-22-24-26-28-30-32-37-42-38-36-41-35-34-40-39(41)33-31-29-27-25-23-21-18-16-14-12-10-8-6-4-2/h3-38H2,1-2H3. The predicted octanol–water partition coefficient (Wildman–Crippen LogP) is 12.8. The number of ether oxygens (including phenoxy) is 1. The third-order valence-corrected chi connectivity index (χ3v) is 9.43. The summed E-state index contributed by atoms with van der Waals surface area (Å²) in [6.07, 6.45) is 44.0. The van der Waals surface area contributed by atoms with Crippen LogP contribution in [-0.2, 0) is 4.74 Å². The molecule has 0 bridgehead atoms. The molecule has 0 aromatic heterocycles. The van der Waals surface area contributed by atoms with Crippen LogP contribution in [0.5, 0.6) is 0 Å². The summed E-state index contributed by atoms with van der Waals surface area (Å²) in [5.41, 5.74) is 0. The highest BCUT2D eigenvalue weighted by Crippen LogP contribution is 2.16. The molecular formula is C39H78N2O. The molecule has 0 radical (unpaired) electrons. The zero-order chi connectivity index (χ0) is 30.0. The molecule has 250 valence electrons. The molecule has 0 fully saturated rings. The minimum atomic E-state index is 0.872. The first-order valence-corrected chi connectivity index (χ1v) is 19.7. The van der Waals surface area contributed by atoms with Crippen molar-refractivity contribution in [3.05, 3.63) is 0 Å². The van der Waals surface area contributed by atoms with Crippen LogP contribution in [0.4, 0.5) is 0 Å². The summed E-state index contributed by atoms with van der Waals surface area (Å²) in [6, 6.07) is 0. The average molecular weight is 591 g/mol. The van der Waals surface area contributed by atoms with Crippen LogP contribution in [0.3, 0.4) is 0 Å². The molecule has 0 aromatic rings. The van der Waals surface area contributed by atoms with Crippen LogP contribution in [0.15, 0.2) is 4.99 Å². The van der Waals surface area contributed by atoms with E-state index in [4.69, 9.17) is 9.73 Å². The Balaban J connectivity index is 1.78. The summed E-state index contributed by atoms with van der Waals surface area (Å²) in [6.45, 7) is 9.56. The largest absolute Gasteiger partial charge is 0.380 e. The fourth-order valence-electron chi connectivity index (χ4n) is 6.51. The van der Waals surface area contributed by atoms with E-state index in [-0.39, 0.29) is 0 Å². The van der Waals surface area contributed by atoms with Gasteiger partial charge in [0.2, 0.25) is 0 Å². The van der Waals surface area contributed by atoms with Gasteiger partial charge < -0.3 is 9.64 Å². The van der Waals surface area contributed by atoms with E-state index in [9.17, 15) is 0 Å². The second-order valence-corrected chi connectivity index (χ2v) is 13.5. The summed E-state index contributed by atoms with van der Waals surface area (Å²) < 4.78 is 5.99.